The molecule has 1 aliphatic carbocycles. The van der Waals surface area contributed by atoms with Crippen molar-refractivity contribution in [3.63, 3.8) is 0 Å². The van der Waals surface area contributed by atoms with Crippen LogP contribution in [0.4, 0.5) is 6.01 Å². The first-order valence-electron chi connectivity index (χ1n) is 8.88. The van der Waals surface area contributed by atoms with E-state index in [1.54, 1.807) is 0 Å². The summed E-state index contributed by atoms with van der Waals surface area (Å²) in [6.45, 7) is 5.30. The molecule has 1 saturated carbocycles. The van der Waals surface area contributed by atoms with Crippen molar-refractivity contribution >= 4 is 6.01 Å². The van der Waals surface area contributed by atoms with Crippen LogP contribution in [-0.2, 0) is 6.42 Å². The Labute approximate surface area is 142 Å². The van der Waals surface area contributed by atoms with Gasteiger partial charge in [-0.05, 0) is 30.7 Å². The number of aromatic nitrogens is 2. The Morgan fingerprint density at radius 1 is 1.08 bits per heavy atom. The van der Waals surface area contributed by atoms with Crippen LogP contribution in [0.1, 0.15) is 30.3 Å². The van der Waals surface area contributed by atoms with Gasteiger partial charge >= 0.3 is 6.01 Å². The van der Waals surface area contributed by atoms with E-state index in [1.165, 1.54) is 24.9 Å². The fourth-order valence-electron chi connectivity index (χ4n) is 3.25. The Hall–Kier alpha value is -1.92. The Morgan fingerprint density at radius 2 is 1.83 bits per heavy atom. The molecular weight excluding hydrogens is 302 g/mol. The van der Waals surface area contributed by atoms with Crippen LogP contribution in [0.25, 0.3) is 0 Å². The van der Waals surface area contributed by atoms with Crippen molar-refractivity contribution < 1.29 is 4.42 Å². The van der Waals surface area contributed by atoms with E-state index in [0.717, 1.165) is 32.1 Å². The Kier molecular flexibility index (Phi) is 4.49. The van der Waals surface area contributed by atoms with E-state index < -0.39 is 0 Å². The SMILES string of the molecule is N[C@H](Cc1ccccc1)c1nnc(N2CCN(CC3CC3)CC2)o1. The number of anilines is 1. The lowest BCUT2D eigenvalue weighted by atomic mass is 10.1. The van der Waals surface area contributed by atoms with E-state index in [9.17, 15) is 0 Å². The highest BCUT2D eigenvalue weighted by Crippen LogP contribution is 2.30. The van der Waals surface area contributed by atoms with Crippen LogP contribution in [0.15, 0.2) is 34.7 Å². The minimum absolute atomic E-state index is 0.259. The van der Waals surface area contributed by atoms with E-state index in [2.05, 4.69) is 32.1 Å². The monoisotopic (exact) mass is 327 g/mol. The molecule has 2 fully saturated rings. The number of rotatable bonds is 6. The smallest absolute Gasteiger partial charge is 0.318 e. The number of hydrogen-bond acceptors (Lipinski definition) is 6. The second kappa shape index (κ2) is 6.91. The molecule has 2 heterocycles. The number of piperazine rings is 1. The maximum Gasteiger partial charge on any atom is 0.318 e. The van der Waals surface area contributed by atoms with Gasteiger partial charge in [0.1, 0.15) is 0 Å². The summed E-state index contributed by atoms with van der Waals surface area (Å²) in [4.78, 5) is 4.72. The molecule has 0 radical (unpaired) electrons. The average Bonchev–Trinajstić information content (AvgIpc) is 3.28. The molecule has 2 N–H and O–H groups in total. The van der Waals surface area contributed by atoms with Gasteiger partial charge in [-0.1, -0.05) is 35.4 Å². The summed E-state index contributed by atoms with van der Waals surface area (Å²) < 4.78 is 5.85. The Bertz CT molecular complexity index is 646. The quantitative estimate of drug-likeness (QED) is 0.873. The largest absolute Gasteiger partial charge is 0.406 e. The lowest BCUT2D eigenvalue weighted by Crippen LogP contribution is -2.47. The predicted octanol–water partition coefficient (Wildman–Crippen LogP) is 1.84. The molecule has 2 aliphatic rings. The van der Waals surface area contributed by atoms with Crippen LogP contribution in [0, 0.1) is 5.92 Å². The predicted molar refractivity (Wildman–Crippen MR) is 92.7 cm³/mol. The maximum absolute atomic E-state index is 6.23. The normalized spacial score (nSPS) is 20.3. The lowest BCUT2D eigenvalue weighted by Gasteiger charge is -2.33. The fraction of sp³-hybridized carbons (Fsp3) is 0.556. The summed E-state index contributed by atoms with van der Waals surface area (Å²) in [7, 11) is 0. The van der Waals surface area contributed by atoms with Crippen LogP contribution < -0.4 is 10.6 Å². The van der Waals surface area contributed by atoms with Crippen molar-refractivity contribution in [2.45, 2.75) is 25.3 Å². The van der Waals surface area contributed by atoms with Crippen molar-refractivity contribution in [1.29, 1.82) is 0 Å². The average molecular weight is 327 g/mol. The first-order valence-corrected chi connectivity index (χ1v) is 8.88. The van der Waals surface area contributed by atoms with E-state index in [0.29, 0.717) is 18.3 Å². The zero-order valence-corrected chi connectivity index (χ0v) is 14.0. The van der Waals surface area contributed by atoms with Crippen LogP contribution in [0.2, 0.25) is 0 Å². The molecule has 1 aromatic carbocycles. The van der Waals surface area contributed by atoms with E-state index >= 15 is 0 Å². The van der Waals surface area contributed by atoms with Gasteiger partial charge in [-0.15, -0.1) is 5.10 Å². The van der Waals surface area contributed by atoms with Crippen LogP contribution in [0.5, 0.6) is 0 Å². The molecule has 1 aromatic heterocycles. The van der Waals surface area contributed by atoms with E-state index in [1.807, 2.05) is 18.2 Å². The molecule has 4 rings (SSSR count). The molecule has 1 saturated heterocycles. The number of hydrogen-bond donors (Lipinski definition) is 1. The minimum atomic E-state index is -0.259. The highest BCUT2D eigenvalue weighted by molar-refractivity contribution is 5.26. The summed E-state index contributed by atoms with van der Waals surface area (Å²) in [5.41, 5.74) is 7.41. The second-order valence-corrected chi connectivity index (χ2v) is 6.95. The summed E-state index contributed by atoms with van der Waals surface area (Å²) in [6, 6.07) is 10.5. The van der Waals surface area contributed by atoms with Gasteiger partial charge in [0.15, 0.2) is 0 Å². The van der Waals surface area contributed by atoms with E-state index in [4.69, 9.17) is 10.2 Å². The van der Waals surface area contributed by atoms with Gasteiger partial charge in [0.25, 0.3) is 0 Å². The Balaban J connectivity index is 1.32. The molecule has 128 valence electrons. The summed E-state index contributed by atoms with van der Waals surface area (Å²) >= 11 is 0. The van der Waals surface area contributed by atoms with Gasteiger partial charge < -0.3 is 15.1 Å². The van der Waals surface area contributed by atoms with Crippen molar-refractivity contribution in [2.24, 2.45) is 11.7 Å². The van der Waals surface area contributed by atoms with Crippen LogP contribution >= 0.6 is 0 Å². The first kappa shape index (κ1) is 15.6. The van der Waals surface area contributed by atoms with Gasteiger partial charge in [0, 0.05) is 32.7 Å². The summed E-state index contributed by atoms with van der Waals surface area (Å²) in [5, 5.41) is 8.38. The van der Waals surface area contributed by atoms with Gasteiger partial charge in [0.05, 0.1) is 6.04 Å². The zero-order valence-electron chi connectivity index (χ0n) is 14.0. The summed E-state index contributed by atoms with van der Waals surface area (Å²) in [6.07, 6.45) is 3.52. The van der Waals surface area contributed by atoms with Crippen LogP contribution in [-0.4, -0.2) is 47.8 Å². The Morgan fingerprint density at radius 3 is 2.54 bits per heavy atom. The zero-order chi connectivity index (χ0) is 16.4. The lowest BCUT2D eigenvalue weighted by molar-refractivity contribution is 0.243. The van der Waals surface area contributed by atoms with Gasteiger partial charge in [0.2, 0.25) is 5.89 Å². The van der Waals surface area contributed by atoms with Gasteiger partial charge in [-0.2, -0.15) is 0 Å². The van der Waals surface area contributed by atoms with Gasteiger partial charge in [-0.25, -0.2) is 0 Å². The molecule has 2 aromatic rings. The molecular formula is C18H25N5O. The van der Waals surface area contributed by atoms with Crippen molar-refractivity contribution in [3.05, 3.63) is 41.8 Å². The molecule has 0 amide bonds. The fourth-order valence-corrected chi connectivity index (χ4v) is 3.25. The third-order valence-corrected chi connectivity index (χ3v) is 4.90. The minimum Gasteiger partial charge on any atom is -0.406 e. The van der Waals surface area contributed by atoms with Crippen LogP contribution in [0.3, 0.4) is 0 Å². The second-order valence-electron chi connectivity index (χ2n) is 6.95. The molecule has 6 nitrogen and oxygen atoms in total. The molecule has 1 atom stereocenters. The third-order valence-electron chi connectivity index (χ3n) is 4.90. The van der Waals surface area contributed by atoms with Crippen molar-refractivity contribution in [3.8, 4) is 0 Å². The molecule has 0 spiro atoms. The van der Waals surface area contributed by atoms with E-state index in [-0.39, 0.29) is 6.04 Å². The molecule has 0 bridgehead atoms. The van der Waals surface area contributed by atoms with Crippen molar-refractivity contribution in [2.75, 3.05) is 37.6 Å². The summed E-state index contributed by atoms with van der Waals surface area (Å²) in [5.74, 6) is 1.47. The maximum atomic E-state index is 6.23. The first-order chi connectivity index (χ1) is 11.8. The third kappa shape index (κ3) is 3.76. The van der Waals surface area contributed by atoms with Crippen molar-refractivity contribution in [1.82, 2.24) is 15.1 Å². The number of benzene rings is 1. The highest BCUT2D eigenvalue weighted by Gasteiger charge is 2.28. The number of nitrogens with two attached hydrogens (primary N) is 1. The molecule has 1 aliphatic heterocycles. The highest BCUT2D eigenvalue weighted by atomic mass is 16.4. The number of nitrogens with zero attached hydrogens (tertiary/aromatic N) is 4. The molecule has 24 heavy (non-hydrogen) atoms. The van der Waals surface area contributed by atoms with Gasteiger partial charge in [-0.3, -0.25) is 4.90 Å². The molecule has 6 heteroatoms. The molecule has 0 unspecified atom stereocenters. The standard InChI is InChI=1S/C18H25N5O/c19-16(12-14-4-2-1-3-5-14)17-20-21-18(24-17)23-10-8-22(9-11-23)13-15-6-7-15/h1-5,15-16H,6-13,19H2/t16-/m1/s1. The topological polar surface area (TPSA) is 71.4 Å².